The van der Waals surface area contributed by atoms with Crippen molar-refractivity contribution < 1.29 is 77.8 Å². The third-order valence-electron chi connectivity index (χ3n) is 22.0. The summed E-state index contributed by atoms with van der Waals surface area (Å²) >= 11 is 0. The lowest BCUT2D eigenvalue weighted by Gasteiger charge is -2.30. The van der Waals surface area contributed by atoms with Gasteiger partial charge in [0.15, 0.2) is 34.3 Å². The van der Waals surface area contributed by atoms with Crippen molar-refractivity contribution in [1.82, 2.24) is 43.8 Å². The predicted molar refractivity (Wildman–Crippen MR) is 368 cm³/mol. The van der Waals surface area contributed by atoms with Gasteiger partial charge in [0, 0.05) is 70.8 Å². The number of nitriles is 3. The second-order valence-electron chi connectivity index (χ2n) is 27.9. The van der Waals surface area contributed by atoms with Crippen molar-refractivity contribution in [3.63, 3.8) is 0 Å². The Kier molecular flexibility index (Phi) is 18.3. The number of nitrogen functional groups attached to an aromatic ring is 3. The molecule has 0 amide bonds. The zero-order valence-corrected chi connectivity index (χ0v) is 57.5. The average molecular weight is 1490 g/mol. The molecule has 3 aliphatic heterocycles. The number of nitrogens with two attached hydrogens (primary N) is 3. The highest BCUT2D eigenvalue weighted by Gasteiger charge is 2.61. The van der Waals surface area contributed by atoms with Crippen molar-refractivity contribution in [2.45, 2.75) is 186 Å². The van der Waals surface area contributed by atoms with Crippen LogP contribution in [-0.2, 0) is 38.0 Å². The predicted octanol–water partition coefficient (Wildman–Crippen LogP) is 6.80. The zero-order chi connectivity index (χ0) is 75.3. The van der Waals surface area contributed by atoms with E-state index in [0.29, 0.717) is 38.5 Å². The van der Waals surface area contributed by atoms with Crippen LogP contribution in [0.4, 0.5) is 34.5 Å². The van der Waals surface area contributed by atoms with Gasteiger partial charge in [-0.2, -0.15) is 35.6 Å². The Hall–Kier alpha value is -11.1. The van der Waals surface area contributed by atoms with Crippen molar-refractivity contribution in [3.05, 3.63) is 173 Å². The van der Waals surface area contributed by atoms with E-state index in [9.17, 15) is 76.8 Å². The minimum Gasteiger partial charge on any atom is -0.387 e. The molecule has 9 heterocycles. The second-order valence-corrected chi connectivity index (χ2v) is 29.4. The number of aliphatic hydroxyl groups is 6. The maximum Gasteiger partial charge on any atom is 0.647 e. The first kappa shape index (κ1) is 71.5. The molecular weight excluding hydrogens is 1420 g/mol. The van der Waals surface area contributed by atoms with E-state index in [2.05, 4.69) is 30.2 Å². The molecule has 15 rings (SSSR count). The second kappa shape index (κ2) is 27.3. The van der Waals surface area contributed by atoms with Gasteiger partial charge < -0.3 is 75.6 Å². The van der Waals surface area contributed by atoms with Crippen molar-refractivity contribution in [1.29, 1.82) is 15.8 Å². The van der Waals surface area contributed by atoms with Crippen LogP contribution in [0, 0.1) is 64.3 Å². The number of nitro benzene ring substituents is 3. The van der Waals surface area contributed by atoms with Crippen LogP contribution in [0.5, 0.6) is 17.2 Å². The lowest BCUT2D eigenvalue weighted by molar-refractivity contribution is -0.386. The number of hydrogen-bond acceptors (Lipinski definition) is 31. The summed E-state index contributed by atoms with van der Waals surface area (Å²) in [5.74, 6) is -3.46. The van der Waals surface area contributed by atoms with Gasteiger partial charge in [0.2, 0.25) is 0 Å². The van der Waals surface area contributed by atoms with E-state index < -0.39 is 166 Å². The maximum atomic E-state index is 17.4. The van der Waals surface area contributed by atoms with Gasteiger partial charge in [-0.25, -0.2) is 28.5 Å². The lowest BCUT2D eigenvalue weighted by Crippen LogP contribution is -2.44. The Morgan fingerprint density at radius 2 is 0.720 bits per heavy atom. The largest absolute Gasteiger partial charge is 0.647 e. The Morgan fingerprint density at radius 1 is 0.458 bits per heavy atom. The number of fused-ring (bicyclic) bond motifs is 3. The number of ether oxygens (including phenoxy) is 3. The molecule has 107 heavy (non-hydrogen) atoms. The molecule has 12 N–H and O–H groups in total. The van der Waals surface area contributed by atoms with Gasteiger partial charge in [-0.05, 0) is 111 Å². The molecule has 3 aliphatic carbocycles. The number of benzene rings is 3. The fraction of sp³-hybridized carbons (Fsp3) is 0.435. The fourth-order valence-electron chi connectivity index (χ4n) is 16.9. The number of nitrogens with zero attached hydrogens (tertiary/aromatic N) is 15. The SMILES string of the molecule is N#C[C@@]1(Cc2c([N+](=O)[O-])ccc(OP(=O)(Oc3ccc([N+](=O)[O-])c(C[C@]4(C#N)O[C@@H](c5ccc6c(N)ncnn56)[C@H](O)[C@@H]4O)c3C3CCCC3)Oc3ccc([N+](=O)[O-])c(C[C@]4(C#N)O[C@@H](c5ccc6c(N)ncnn56)[C@H](O)[C@@H]4O)c3C3CCCC3)c2C2CCCC2)O[C@@H](c2ccc3c(N)ncnn23)[C@H](O)[C@@H]1O. The summed E-state index contributed by atoms with van der Waals surface area (Å²) in [6.07, 6.45) is -10.8. The molecule has 9 aromatic rings. The molecule has 6 aromatic heterocycles. The Balaban J connectivity index is 0.905. The van der Waals surface area contributed by atoms with E-state index in [1.807, 2.05) is 18.2 Å². The zero-order valence-electron chi connectivity index (χ0n) is 56.6. The molecule has 6 aliphatic rings. The van der Waals surface area contributed by atoms with Crippen molar-refractivity contribution in [3.8, 4) is 35.5 Å². The fourth-order valence-corrected chi connectivity index (χ4v) is 18.2. The van der Waals surface area contributed by atoms with Crippen LogP contribution in [0.25, 0.3) is 16.6 Å². The van der Waals surface area contributed by atoms with Gasteiger partial charge in [-0.15, -0.1) is 0 Å². The third kappa shape index (κ3) is 11.9. The molecule has 12 atom stereocenters. The van der Waals surface area contributed by atoms with Gasteiger partial charge in [-0.3, -0.25) is 30.3 Å². The molecule has 3 saturated carbocycles. The quantitative estimate of drug-likeness (QED) is 0.0203. The topological polar surface area (TPSA) is 563 Å². The molecular formula is C69H69N18O19P. The van der Waals surface area contributed by atoms with Crippen LogP contribution in [0.1, 0.15) is 164 Å². The number of anilines is 3. The van der Waals surface area contributed by atoms with Crippen LogP contribution in [0.3, 0.4) is 0 Å². The number of phosphoric ester groups is 1. The van der Waals surface area contributed by atoms with Gasteiger partial charge >= 0.3 is 7.82 Å². The highest BCUT2D eigenvalue weighted by molar-refractivity contribution is 7.49. The lowest BCUT2D eigenvalue weighted by atomic mass is 9.82. The maximum absolute atomic E-state index is 17.4. The normalized spacial score (nSPS) is 27.0. The Bertz CT molecular complexity index is 4770. The average Bonchev–Trinajstić information content (AvgIpc) is 1.73. The molecule has 37 nitrogen and oxygen atoms in total. The van der Waals surface area contributed by atoms with Crippen molar-refractivity contribution >= 4 is 58.9 Å². The van der Waals surface area contributed by atoms with E-state index in [1.165, 1.54) is 49.9 Å². The summed E-state index contributed by atoms with van der Waals surface area (Å²) in [5, 5.41) is 160. The van der Waals surface area contributed by atoms with Crippen molar-refractivity contribution in [2.24, 2.45) is 0 Å². The molecule has 554 valence electrons. The number of nitro groups is 3. The summed E-state index contributed by atoms with van der Waals surface area (Å²) < 4.78 is 61.1. The molecule has 38 heteroatoms. The van der Waals surface area contributed by atoms with E-state index in [-0.39, 0.29) is 123 Å². The smallest absolute Gasteiger partial charge is 0.387 e. The van der Waals surface area contributed by atoms with Gasteiger partial charge in [0.1, 0.15) is 126 Å². The van der Waals surface area contributed by atoms with Gasteiger partial charge in [-0.1, -0.05) is 38.5 Å². The first-order valence-corrected chi connectivity index (χ1v) is 36.0. The van der Waals surface area contributed by atoms with E-state index in [1.54, 1.807) is 0 Å². The number of hydrogen-bond donors (Lipinski definition) is 9. The first-order valence-electron chi connectivity index (χ1n) is 34.6. The molecule has 3 aromatic carbocycles. The summed E-state index contributed by atoms with van der Waals surface area (Å²) in [4.78, 5) is 50.6. The minimum absolute atomic E-state index is 0.0366. The van der Waals surface area contributed by atoms with Gasteiger partial charge in [0.25, 0.3) is 17.1 Å². The Labute approximate surface area is 604 Å². The third-order valence-corrected chi connectivity index (χ3v) is 23.3. The summed E-state index contributed by atoms with van der Waals surface area (Å²) in [5.41, 5.74) is 9.09. The molecule has 0 unspecified atom stereocenters. The van der Waals surface area contributed by atoms with E-state index in [0.717, 1.165) is 55.4 Å². The van der Waals surface area contributed by atoms with Crippen LogP contribution in [-0.4, -0.2) is 143 Å². The van der Waals surface area contributed by atoms with Crippen LogP contribution < -0.4 is 30.8 Å². The number of aliphatic hydroxyl groups excluding tert-OH is 6. The van der Waals surface area contributed by atoms with Crippen LogP contribution in [0.2, 0.25) is 0 Å². The number of rotatable bonds is 21. The molecule has 3 saturated heterocycles. The number of aromatic nitrogens is 9. The molecule has 0 bridgehead atoms. The molecule has 0 radical (unpaired) electrons. The summed E-state index contributed by atoms with van der Waals surface area (Å²) in [6.45, 7) is 0. The highest BCUT2D eigenvalue weighted by atomic mass is 31.2. The first-order chi connectivity index (χ1) is 51.4. The monoisotopic (exact) mass is 1480 g/mol. The Morgan fingerprint density at radius 3 is 0.963 bits per heavy atom. The van der Waals surface area contributed by atoms with Crippen LogP contribution >= 0.6 is 7.82 Å². The van der Waals surface area contributed by atoms with Gasteiger partial charge in [0.05, 0.1) is 31.9 Å². The summed E-state index contributed by atoms with van der Waals surface area (Å²) in [7, 11) is -5.86. The highest BCUT2D eigenvalue weighted by Crippen LogP contribution is 2.60. The van der Waals surface area contributed by atoms with Crippen molar-refractivity contribution in [2.75, 3.05) is 17.2 Å². The van der Waals surface area contributed by atoms with E-state index in [4.69, 9.17) is 45.0 Å². The summed E-state index contributed by atoms with van der Waals surface area (Å²) in [6, 6.07) is 21.2. The van der Waals surface area contributed by atoms with Crippen LogP contribution in [0.15, 0.2) is 91.8 Å². The minimum atomic E-state index is -5.86. The van der Waals surface area contributed by atoms with E-state index >= 15 is 4.57 Å². The molecule has 0 spiro atoms. The standard InChI is InChI=1S/C69H69N18O19P/c70-28-67(61(91)55(88)58(101-67)43-13-16-46-64(73)76-31-79-82(43)46)25-37-40(85(94)95)19-22-49(52(37)34-7-1-2-8-34)104-107(100,105-50-23-20-41(86(96)97)38(53(50)35-9-3-4-10-35)26-68(29-71)62(92)56(89)59(102-68)44-14-17-47-65(74)77-32-80-83(44)47)106-51-24-21-42(87(98)99)39(54(51)36-11-5-6-12-36)27-69(30-72)63(93)57(90)60(103-69)45-15-18-48-66(75)78-33-81-84(45)48/h13-24,31-36,55-63,88-93H,1-12,25-27H2,(H2,73,76,79)(H2,74,77,80)(H2,75,78,81)/t55-,56-,57-,58-,59-,60-,61-,62-,63-,67+,68+,69+/m0/s1. The molecule has 6 fully saturated rings. The number of phosphoric acid groups is 1.